The summed E-state index contributed by atoms with van der Waals surface area (Å²) in [6.45, 7) is 6.23. The van der Waals surface area contributed by atoms with Crippen molar-refractivity contribution in [3.05, 3.63) is 0 Å². The van der Waals surface area contributed by atoms with E-state index in [1.165, 1.54) is 25.6 Å². The van der Waals surface area contributed by atoms with Gasteiger partial charge in [-0.1, -0.05) is 13.8 Å². The summed E-state index contributed by atoms with van der Waals surface area (Å²) in [5.41, 5.74) is 5.55. The van der Waals surface area contributed by atoms with E-state index in [1.807, 2.05) is 20.1 Å². The van der Waals surface area contributed by atoms with Crippen LogP contribution in [0, 0.1) is 5.92 Å². The fourth-order valence-electron chi connectivity index (χ4n) is 2.60. The summed E-state index contributed by atoms with van der Waals surface area (Å²) in [7, 11) is 0. The molecule has 0 radical (unpaired) electrons. The molecule has 0 heterocycles. The second kappa shape index (κ2) is 14.2. The number of thioether (sulfide) groups is 1. The first-order valence-electron chi connectivity index (χ1n) is 10.1. The molecule has 0 bridgehead atoms. The van der Waals surface area contributed by atoms with Crippen LogP contribution in [0.5, 0.6) is 0 Å². The summed E-state index contributed by atoms with van der Waals surface area (Å²) in [6.07, 6.45) is -0.252. The Morgan fingerprint density at radius 1 is 0.871 bits per heavy atom. The molecule has 0 aromatic carbocycles. The van der Waals surface area contributed by atoms with Crippen LogP contribution in [0.4, 0.5) is 0 Å². The number of nitrogens with one attached hydrogen (secondary N) is 3. The quantitative estimate of drug-likeness (QED) is 0.159. The van der Waals surface area contributed by atoms with Gasteiger partial charge in [-0.15, -0.1) is 0 Å². The molecule has 0 aliphatic carbocycles. The Kier molecular flexibility index (Phi) is 13.4. The molecule has 0 spiro atoms. The van der Waals surface area contributed by atoms with Crippen LogP contribution in [0.25, 0.3) is 0 Å². The predicted octanol–water partition coefficient (Wildman–Crippen LogP) is -1.59. The van der Waals surface area contributed by atoms with E-state index in [1.54, 1.807) is 0 Å². The number of rotatable bonds is 14. The van der Waals surface area contributed by atoms with Crippen molar-refractivity contribution in [1.82, 2.24) is 16.0 Å². The number of carboxylic acid groups (broad SMARTS) is 1. The van der Waals surface area contributed by atoms with Gasteiger partial charge in [-0.05, 0) is 44.6 Å². The largest absolute Gasteiger partial charge is 0.480 e. The Balaban J connectivity index is 5.40. The minimum absolute atomic E-state index is 0.0197. The molecule has 0 aromatic heterocycles. The number of hydrogen-bond acceptors (Lipinski definition) is 8. The fraction of sp³-hybridized carbons (Fsp3) is 0.789. The molecule has 11 nitrogen and oxygen atoms in total. The topological polar surface area (TPSA) is 191 Å². The van der Waals surface area contributed by atoms with Gasteiger partial charge in [0.25, 0.3) is 0 Å². The van der Waals surface area contributed by atoms with Crippen LogP contribution < -0.4 is 21.7 Å². The van der Waals surface area contributed by atoms with Crippen molar-refractivity contribution in [2.45, 2.75) is 76.9 Å². The third-order valence-corrected chi connectivity index (χ3v) is 5.09. The molecule has 0 fully saturated rings. The highest BCUT2D eigenvalue weighted by Gasteiger charge is 2.33. The van der Waals surface area contributed by atoms with Crippen LogP contribution in [0.2, 0.25) is 0 Å². The molecule has 6 unspecified atom stereocenters. The molecule has 0 aliphatic heterocycles. The van der Waals surface area contributed by atoms with Gasteiger partial charge >= 0.3 is 5.97 Å². The average Bonchev–Trinajstić information content (AvgIpc) is 2.66. The third-order valence-electron chi connectivity index (χ3n) is 4.45. The lowest BCUT2D eigenvalue weighted by atomic mass is 10.0. The zero-order valence-corrected chi connectivity index (χ0v) is 19.4. The maximum Gasteiger partial charge on any atom is 0.326 e. The number of amides is 3. The molecule has 6 atom stereocenters. The maximum absolute atomic E-state index is 12.7. The zero-order valence-electron chi connectivity index (χ0n) is 18.6. The van der Waals surface area contributed by atoms with Crippen LogP contribution in [0.3, 0.4) is 0 Å². The SMILES string of the molecule is CSCCC(NC(=O)C(CC(C)C)NC(=O)C(NC(=O)C(N)C(C)O)C(C)O)C(=O)O. The number of nitrogens with two attached hydrogens (primary N) is 1. The Morgan fingerprint density at radius 2 is 1.42 bits per heavy atom. The van der Waals surface area contributed by atoms with E-state index < -0.39 is 60.1 Å². The molecule has 8 N–H and O–H groups in total. The summed E-state index contributed by atoms with van der Waals surface area (Å²) in [5, 5.41) is 35.9. The first-order chi connectivity index (χ1) is 14.3. The molecule has 3 amide bonds. The second-order valence-electron chi connectivity index (χ2n) is 7.86. The van der Waals surface area contributed by atoms with Gasteiger partial charge in [-0.3, -0.25) is 14.4 Å². The maximum atomic E-state index is 12.7. The van der Waals surface area contributed by atoms with Crippen molar-refractivity contribution in [1.29, 1.82) is 0 Å². The Morgan fingerprint density at radius 3 is 1.84 bits per heavy atom. The Bertz CT molecular complexity index is 616. The highest BCUT2D eigenvalue weighted by atomic mass is 32.2. The van der Waals surface area contributed by atoms with Crippen molar-refractivity contribution >= 4 is 35.5 Å². The van der Waals surface area contributed by atoms with Crippen molar-refractivity contribution in [2.75, 3.05) is 12.0 Å². The van der Waals surface area contributed by atoms with Gasteiger partial charge in [0.05, 0.1) is 12.2 Å². The summed E-state index contributed by atoms with van der Waals surface area (Å²) in [6, 6.07) is -4.92. The van der Waals surface area contributed by atoms with Gasteiger partial charge in [-0.2, -0.15) is 11.8 Å². The summed E-state index contributed by atoms with van der Waals surface area (Å²) in [4.78, 5) is 48.9. The molecular weight excluding hydrogens is 428 g/mol. The average molecular weight is 465 g/mol. The van der Waals surface area contributed by atoms with Crippen molar-refractivity contribution < 1.29 is 34.5 Å². The second-order valence-corrected chi connectivity index (χ2v) is 8.85. The zero-order chi connectivity index (χ0) is 24.3. The standard InChI is InChI=1S/C19H36N4O7S/c1-9(2)8-13(16(26)21-12(19(29)30)6-7-31-5)22-18(28)15(11(4)25)23-17(27)14(20)10(3)24/h9-15,24-25H,6-8,20H2,1-5H3,(H,21,26)(H,22,28)(H,23,27)(H,29,30). The molecule has 180 valence electrons. The van der Waals surface area contributed by atoms with Crippen LogP contribution in [0.1, 0.15) is 40.5 Å². The number of carbonyl (C=O) groups excluding carboxylic acids is 3. The normalized spacial score (nSPS) is 17.1. The number of hydrogen-bond donors (Lipinski definition) is 7. The molecule has 0 rings (SSSR count). The van der Waals surface area contributed by atoms with Gasteiger partial charge in [0, 0.05) is 0 Å². The number of aliphatic hydroxyl groups is 2. The first-order valence-corrected chi connectivity index (χ1v) is 11.5. The van der Waals surface area contributed by atoms with Crippen LogP contribution in [0.15, 0.2) is 0 Å². The minimum atomic E-state index is -1.42. The fourth-order valence-corrected chi connectivity index (χ4v) is 3.07. The van der Waals surface area contributed by atoms with Crippen molar-refractivity contribution in [3.63, 3.8) is 0 Å². The number of aliphatic carboxylic acids is 1. The first kappa shape index (κ1) is 29.1. The van der Waals surface area contributed by atoms with Gasteiger partial charge < -0.3 is 37.0 Å². The molecule has 12 heteroatoms. The van der Waals surface area contributed by atoms with E-state index in [4.69, 9.17) is 5.73 Å². The van der Waals surface area contributed by atoms with Crippen LogP contribution in [-0.4, -0.2) is 87.4 Å². The minimum Gasteiger partial charge on any atom is -0.480 e. The number of carboxylic acids is 1. The molecule has 0 saturated carbocycles. The highest BCUT2D eigenvalue weighted by Crippen LogP contribution is 2.08. The highest BCUT2D eigenvalue weighted by molar-refractivity contribution is 7.98. The third kappa shape index (κ3) is 10.8. The van der Waals surface area contributed by atoms with E-state index >= 15 is 0 Å². The van der Waals surface area contributed by atoms with Gasteiger partial charge in [0.15, 0.2) is 0 Å². The lowest BCUT2D eigenvalue weighted by Crippen LogP contribution is -2.60. The molecule has 0 saturated heterocycles. The van der Waals surface area contributed by atoms with Crippen LogP contribution in [-0.2, 0) is 19.2 Å². The molecular formula is C19H36N4O7S. The smallest absolute Gasteiger partial charge is 0.326 e. The predicted molar refractivity (Wildman–Crippen MR) is 117 cm³/mol. The van der Waals surface area contributed by atoms with E-state index in [-0.39, 0.29) is 18.8 Å². The van der Waals surface area contributed by atoms with Crippen molar-refractivity contribution in [2.24, 2.45) is 11.7 Å². The lowest BCUT2D eigenvalue weighted by Gasteiger charge is -2.27. The van der Waals surface area contributed by atoms with Gasteiger partial charge in [0.1, 0.15) is 24.2 Å². The molecule has 0 aliphatic rings. The van der Waals surface area contributed by atoms with E-state index in [2.05, 4.69) is 16.0 Å². The molecule has 0 aromatic rings. The Labute approximate surface area is 186 Å². The molecule has 31 heavy (non-hydrogen) atoms. The monoisotopic (exact) mass is 464 g/mol. The van der Waals surface area contributed by atoms with E-state index in [0.717, 1.165) is 0 Å². The number of aliphatic hydroxyl groups excluding tert-OH is 2. The van der Waals surface area contributed by atoms with Crippen LogP contribution >= 0.6 is 11.8 Å². The van der Waals surface area contributed by atoms with E-state index in [0.29, 0.717) is 5.75 Å². The summed E-state index contributed by atoms with van der Waals surface area (Å²) in [5.74, 6) is -3.03. The van der Waals surface area contributed by atoms with Gasteiger partial charge in [-0.25, -0.2) is 4.79 Å². The van der Waals surface area contributed by atoms with E-state index in [9.17, 15) is 34.5 Å². The summed E-state index contributed by atoms with van der Waals surface area (Å²) >= 11 is 1.44. The summed E-state index contributed by atoms with van der Waals surface area (Å²) < 4.78 is 0. The number of carbonyl (C=O) groups is 4. The lowest BCUT2D eigenvalue weighted by molar-refractivity contribution is -0.142. The van der Waals surface area contributed by atoms with Crippen molar-refractivity contribution in [3.8, 4) is 0 Å². The Hall–Kier alpha value is -1.89. The van der Waals surface area contributed by atoms with Gasteiger partial charge in [0.2, 0.25) is 17.7 Å².